The predicted molar refractivity (Wildman–Crippen MR) is 137 cm³/mol. The molecule has 1 aliphatic carbocycles. The molecule has 1 spiro atoms. The van der Waals surface area contributed by atoms with Crippen molar-refractivity contribution >= 4 is 11.9 Å². The lowest BCUT2D eigenvalue weighted by Crippen LogP contribution is -2.54. The van der Waals surface area contributed by atoms with Crippen LogP contribution in [0.2, 0.25) is 0 Å². The summed E-state index contributed by atoms with van der Waals surface area (Å²) in [6, 6.07) is 5.75. The highest BCUT2D eigenvalue weighted by Crippen LogP contribution is 2.41. The van der Waals surface area contributed by atoms with Crippen LogP contribution in [0.4, 0.5) is 4.79 Å². The summed E-state index contributed by atoms with van der Waals surface area (Å²) < 4.78 is 11.0. The van der Waals surface area contributed by atoms with Gasteiger partial charge in [0.1, 0.15) is 11.5 Å². The number of carbonyl (C=O) groups is 2. The van der Waals surface area contributed by atoms with Crippen LogP contribution >= 0.6 is 0 Å². The summed E-state index contributed by atoms with van der Waals surface area (Å²) in [5, 5.41) is 3.15. The molecule has 1 aromatic carbocycles. The first-order chi connectivity index (χ1) is 16.9. The number of nitrogens with one attached hydrogen (secondary N) is 1. The number of allylic oxidation sites excluding steroid dienone is 4. The van der Waals surface area contributed by atoms with Crippen LogP contribution in [-0.4, -0.2) is 61.1 Å². The standard InChI is InChI=1S/C28H37N3O4/c1-5-31-27(33)29-25(17-20(2)23-12-11-22(34-3)19-24(23)35-4)28(31)13-15-30(16-14-28)26(32)18-21-9-7-6-8-10-21/h7,9-12,17,19-20H,5-6,8,13-16,18H2,1-4H3,(H,29,33)/b25-17-/t20-/m0/s1. The second kappa shape index (κ2) is 10.6. The quantitative estimate of drug-likeness (QED) is 0.612. The first-order valence-electron chi connectivity index (χ1n) is 12.6. The molecular formula is C28H37N3O4. The van der Waals surface area contributed by atoms with Crippen molar-refractivity contribution < 1.29 is 19.1 Å². The van der Waals surface area contributed by atoms with E-state index >= 15 is 0 Å². The first-order valence-corrected chi connectivity index (χ1v) is 12.6. The summed E-state index contributed by atoms with van der Waals surface area (Å²) in [6.07, 6.45) is 12.5. The van der Waals surface area contributed by atoms with E-state index < -0.39 is 5.54 Å². The molecule has 4 rings (SSSR count). The lowest BCUT2D eigenvalue weighted by Gasteiger charge is -2.44. The van der Waals surface area contributed by atoms with Crippen molar-refractivity contribution in [2.45, 2.75) is 57.4 Å². The maximum Gasteiger partial charge on any atom is 0.322 e. The zero-order chi connectivity index (χ0) is 25.0. The minimum absolute atomic E-state index is 0.0181. The van der Waals surface area contributed by atoms with E-state index in [0.717, 1.165) is 54.0 Å². The highest BCUT2D eigenvalue weighted by Gasteiger charge is 2.50. The van der Waals surface area contributed by atoms with Gasteiger partial charge in [-0.1, -0.05) is 37.3 Å². The predicted octanol–water partition coefficient (Wildman–Crippen LogP) is 4.76. The summed E-state index contributed by atoms with van der Waals surface area (Å²) in [6.45, 7) is 6.02. The fourth-order valence-electron chi connectivity index (χ4n) is 5.57. The van der Waals surface area contributed by atoms with E-state index in [1.807, 2.05) is 34.9 Å². The van der Waals surface area contributed by atoms with Gasteiger partial charge in [-0.15, -0.1) is 0 Å². The average molecular weight is 480 g/mol. The van der Waals surface area contributed by atoms with Gasteiger partial charge in [0, 0.05) is 42.9 Å². The van der Waals surface area contributed by atoms with Gasteiger partial charge in [-0.2, -0.15) is 0 Å². The van der Waals surface area contributed by atoms with E-state index in [-0.39, 0.29) is 17.9 Å². The third-order valence-electron chi connectivity index (χ3n) is 7.54. The average Bonchev–Trinajstić information content (AvgIpc) is 3.13. The Kier molecular flexibility index (Phi) is 7.53. The van der Waals surface area contributed by atoms with E-state index in [4.69, 9.17) is 9.47 Å². The molecule has 2 aliphatic heterocycles. The molecule has 1 aromatic rings. The van der Waals surface area contributed by atoms with Gasteiger partial charge in [-0.25, -0.2) is 4.79 Å². The Bertz CT molecular complexity index is 1050. The molecule has 0 radical (unpaired) electrons. The number of methoxy groups -OCH3 is 2. The highest BCUT2D eigenvalue weighted by atomic mass is 16.5. The normalized spacial score (nSPS) is 21.2. The monoisotopic (exact) mass is 479 g/mol. The molecule has 7 heteroatoms. The maximum absolute atomic E-state index is 13.0. The number of benzene rings is 1. The van der Waals surface area contributed by atoms with Crippen molar-refractivity contribution in [3.8, 4) is 11.5 Å². The SMILES string of the molecule is CCN1C(=O)N/C(=C\[C@H](C)c2ccc(OC)cc2OC)C12CCN(C(=O)CC1=CCCC=C1)CC2. The van der Waals surface area contributed by atoms with E-state index in [1.54, 1.807) is 14.2 Å². The number of amides is 3. The van der Waals surface area contributed by atoms with Crippen LogP contribution in [0, 0.1) is 0 Å². The van der Waals surface area contributed by atoms with Gasteiger partial charge in [0.25, 0.3) is 0 Å². The maximum atomic E-state index is 13.0. The van der Waals surface area contributed by atoms with Crippen LogP contribution in [0.15, 0.2) is 53.8 Å². The molecule has 1 N–H and O–H groups in total. The topological polar surface area (TPSA) is 71.1 Å². The number of piperidine rings is 1. The smallest absolute Gasteiger partial charge is 0.322 e. The molecule has 0 unspecified atom stereocenters. The van der Waals surface area contributed by atoms with Crippen LogP contribution in [0.3, 0.4) is 0 Å². The summed E-state index contributed by atoms with van der Waals surface area (Å²) >= 11 is 0. The van der Waals surface area contributed by atoms with Gasteiger partial charge in [0.2, 0.25) is 5.91 Å². The summed E-state index contributed by atoms with van der Waals surface area (Å²) in [5.41, 5.74) is 2.65. The fourth-order valence-corrected chi connectivity index (χ4v) is 5.57. The number of likely N-dealkylation sites (N-methyl/N-ethyl adjacent to an activating group) is 1. The Labute approximate surface area is 208 Å². The molecule has 0 aromatic heterocycles. The second-order valence-corrected chi connectivity index (χ2v) is 9.50. The first kappa shape index (κ1) is 24.9. The van der Waals surface area contributed by atoms with Crippen molar-refractivity contribution in [3.63, 3.8) is 0 Å². The second-order valence-electron chi connectivity index (χ2n) is 9.50. The third-order valence-corrected chi connectivity index (χ3v) is 7.54. The van der Waals surface area contributed by atoms with Gasteiger partial charge in [-0.3, -0.25) is 4.79 Å². The largest absolute Gasteiger partial charge is 0.497 e. The number of rotatable bonds is 7. The van der Waals surface area contributed by atoms with Gasteiger partial charge in [0.15, 0.2) is 0 Å². The van der Waals surface area contributed by atoms with Gasteiger partial charge < -0.3 is 24.6 Å². The number of hydrogen-bond donors (Lipinski definition) is 1. The highest BCUT2D eigenvalue weighted by molar-refractivity contribution is 5.83. The molecule has 2 saturated heterocycles. The third kappa shape index (κ3) is 4.95. The van der Waals surface area contributed by atoms with Gasteiger partial charge >= 0.3 is 6.03 Å². The molecule has 2 heterocycles. The Morgan fingerprint density at radius 3 is 2.60 bits per heavy atom. The molecule has 7 nitrogen and oxygen atoms in total. The Hall–Kier alpha value is -3.22. The van der Waals surface area contributed by atoms with Crippen LogP contribution in [-0.2, 0) is 4.79 Å². The van der Waals surface area contributed by atoms with E-state index in [0.29, 0.717) is 26.1 Å². The molecule has 0 bridgehead atoms. The van der Waals surface area contributed by atoms with Gasteiger partial charge in [0.05, 0.1) is 26.2 Å². The van der Waals surface area contributed by atoms with E-state index in [9.17, 15) is 9.59 Å². The lowest BCUT2D eigenvalue weighted by atomic mass is 9.82. The molecule has 2 fully saturated rings. The van der Waals surface area contributed by atoms with E-state index in [1.165, 1.54) is 0 Å². The summed E-state index contributed by atoms with van der Waals surface area (Å²) in [4.78, 5) is 29.8. The van der Waals surface area contributed by atoms with Crippen LogP contribution in [0.25, 0.3) is 0 Å². The summed E-state index contributed by atoms with van der Waals surface area (Å²) in [5.74, 6) is 1.68. The summed E-state index contributed by atoms with van der Waals surface area (Å²) in [7, 11) is 3.29. The minimum Gasteiger partial charge on any atom is -0.497 e. The molecule has 1 atom stereocenters. The number of ether oxygens (including phenoxy) is 2. The molecule has 0 saturated carbocycles. The lowest BCUT2D eigenvalue weighted by molar-refractivity contribution is -0.132. The Morgan fingerprint density at radius 2 is 1.97 bits per heavy atom. The molecule has 3 aliphatic rings. The Balaban J connectivity index is 1.54. The number of hydrogen-bond acceptors (Lipinski definition) is 4. The van der Waals surface area contributed by atoms with Crippen LogP contribution in [0.5, 0.6) is 11.5 Å². The van der Waals surface area contributed by atoms with Crippen molar-refractivity contribution in [1.82, 2.24) is 15.1 Å². The van der Waals surface area contributed by atoms with E-state index in [2.05, 4.69) is 36.5 Å². The number of urea groups is 1. The Morgan fingerprint density at radius 1 is 1.20 bits per heavy atom. The number of carbonyl (C=O) groups excluding carboxylic acids is 2. The number of likely N-dealkylation sites (tertiary alicyclic amines) is 1. The molecule has 3 amide bonds. The van der Waals surface area contributed by atoms with Crippen LogP contribution < -0.4 is 14.8 Å². The molecule has 188 valence electrons. The fraction of sp³-hybridized carbons (Fsp3) is 0.500. The van der Waals surface area contributed by atoms with Crippen molar-refractivity contribution in [1.29, 1.82) is 0 Å². The van der Waals surface area contributed by atoms with Crippen molar-refractivity contribution in [3.05, 3.63) is 59.3 Å². The zero-order valence-corrected chi connectivity index (χ0v) is 21.3. The minimum atomic E-state index is -0.416. The van der Waals surface area contributed by atoms with Crippen LogP contribution in [0.1, 0.15) is 57.4 Å². The van der Waals surface area contributed by atoms with Crippen molar-refractivity contribution in [2.75, 3.05) is 33.9 Å². The molecule has 35 heavy (non-hydrogen) atoms. The zero-order valence-electron chi connectivity index (χ0n) is 21.3. The number of nitrogens with zero attached hydrogens (tertiary/aromatic N) is 2. The van der Waals surface area contributed by atoms with Gasteiger partial charge in [-0.05, 0) is 44.2 Å². The molecular weight excluding hydrogens is 442 g/mol. The van der Waals surface area contributed by atoms with Crippen molar-refractivity contribution in [2.24, 2.45) is 0 Å².